The normalized spacial score (nSPS) is 10.3. The summed E-state index contributed by atoms with van der Waals surface area (Å²) in [6, 6.07) is 34.8. The van der Waals surface area contributed by atoms with Crippen LogP contribution in [-0.4, -0.2) is 9.97 Å². The first-order valence-electron chi connectivity index (χ1n) is 9.24. The van der Waals surface area contributed by atoms with Crippen LogP contribution < -0.4 is 0 Å². The smallest absolute Gasteiger partial charge is 0.301 e. The molecule has 2 aromatic heterocycles. The van der Waals surface area contributed by atoms with Crippen LogP contribution in [0, 0.1) is 12.1 Å². The van der Waals surface area contributed by atoms with E-state index in [1.165, 1.54) is 0 Å². The standard InChI is InChI=1S/C25H20N2.Pt/c1-3-10-20(11-4-1)24-18-8-16-22(26-24)14-7-15-23-17-9-19-25(27-23)21-12-5-2-6-13-21;/h1-6,8-10,12,16-19H,7,14-15H2;/q-2;+2. The van der Waals surface area contributed by atoms with Crippen LogP contribution in [0.5, 0.6) is 0 Å². The van der Waals surface area contributed by atoms with Crippen molar-refractivity contribution in [2.24, 2.45) is 0 Å². The van der Waals surface area contributed by atoms with Gasteiger partial charge in [0.05, 0.1) is 0 Å². The molecule has 0 amide bonds. The number of nitrogens with zero attached hydrogens (tertiary/aromatic N) is 2. The van der Waals surface area contributed by atoms with E-state index in [0.29, 0.717) is 0 Å². The van der Waals surface area contributed by atoms with E-state index in [1.807, 2.05) is 60.7 Å². The molecule has 4 rings (SSSR count). The molecule has 0 spiro atoms. The zero-order chi connectivity index (χ0) is 18.3. The maximum atomic E-state index is 4.78. The molecular weight excluding hydrogens is 523 g/mol. The maximum absolute atomic E-state index is 4.78. The average molecular weight is 544 g/mol. The van der Waals surface area contributed by atoms with Crippen molar-refractivity contribution in [3.63, 3.8) is 0 Å². The SMILES string of the molecule is [Pt+2].[c-]1ccccc1-c1cccc(CCCc2cccc(-c3[c-]cccc3)n2)n1. The van der Waals surface area contributed by atoms with Crippen molar-refractivity contribution in [2.75, 3.05) is 0 Å². The second-order valence-electron chi connectivity index (χ2n) is 6.43. The largest absolute Gasteiger partial charge is 2.00 e. The van der Waals surface area contributed by atoms with Crippen LogP contribution in [0.4, 0.5) is 0 Å². The topological polar surface area (TPSA) is 25.8 Å². The van der Waals surface area contributed by atoms with Gasteiger partial charge in [0.15, 0.2) is 0 Å². The number of benzene rings is 2. The van der Waals surface area contributed by atoms with E-state index in [9.17, 15) is 0 Å². The third-order valence-corrected chi connectivity index (χ3v) is 4.45. The molecule has 140 valence electrons. The van der Waals surface area contributed by atoms with Crippen LogP contribution in [0.2, 0.25) is 0 Å². The van der Waals surface area contributed by atoms with Gasteiger partial charge in [0.1, 0.15) is 0 Å². The van der Waals surface area contributed by atoms with Crippen LogP contribution in [0.25, 0.3) is 22.5 Å². The van der Waals surface area contributed by atoms with Gasteiger partial charge < -0.3 is 9.97 Å². The molecule has 0 radical (unpaired) electrons. The summed E-state index contributed by atoms with van der Waals surface area (Å²) in [5.41, 5.74) is 6.25. The fourth-order valence-corrected chi connectivity index (χ4v) is 3.09. The van der Waals surface area contributed by atoms with Gasteiger partial charge in [-0.3, -0.25) is 0 Å². The van der Waals surface area contributed by atoms with Crippen molar-refractivity contribution in [1.29, 1.82) is 0 Å². The van der Waals surface area contributed by atoms with E-state index >= 15 is 0 Å². The van der Waals surface area contributed by atoms with Gasteiger partial charge in [-0.25, -0.2) is 0 Å². The van der Waals surface area contributed by atoms with Gasteiger partial charge in [0.2, 0.25) is 0 Å². The molecule has 0 saturated heterocycles. The van der Waals surface area contributed by atoms with Crippen LogP contribution >= 0.6 is 0 Å². The minimum Gasteiger partial charge on any atom is -0.301 e. The first-order chi connectivity index (χ1) is 13.4. The molecule has 0 aliphatic carbocycles. The molecule has 2 aromatic carbocycles. The van der Waals surface area contributed by atoms with Gasteiger partial charge in [0.25, 0.3) is 0 Å². The van der Waals surface area contributed by atoms with Gasteiger partial charge in [-0.1, -0.05) is 24.3 Å². The van der Waals surface area contributed by atoms with Crippen molar-refractivity contribution >= 4 is 0 Å². The molecular formula is C25H20N2Pt. The Kier molecular flexibility index (Phi) is 7.28. The molecule has 4 aromatic rings. The third kappa shape index (κ3) is 5.24. The number of hydrogen-bond donors (Lipinski definition) is 0. The summed E-state index contributed by atoms with van der Waals surface area (Å²) in [5.74, 6) is 0. The van der Waals surface area contributed by atoms with Gasteiger partial charge >= 0.3 is 21.1 Å². The summed E-state index contributed by atoms with van der Waals surface area (Å²) >= 11 is 0. The second-order valence-corrected chi connectivity index (χ2v) is 6.43. The van der Waals surface area contributed by atoms with Crippen LogP contribution in [0.3, 0.4) is 0 Å². The van der Waals surface area contributed by atoms with Crippen LogP contribution in [-0.2, 0) is 33.9 Å². The Hall–Kier alpha value is -2.57. The fraction of sp³-hybridized carbons (Fsp3) is 0.120. The van der Waals surface area contributed by atoms with E-state index in [-0.39, 0.29) is 21.1 Å². The number of pyridine rings is 2. The van der Waals surface area contributed by atoms with Crippen LogP contribution in [0.15, 0.2) is 84.9 Å². The molecule has 0 fully saturated rings. The molecule has 0 N–H and O–H groups in total. The first-order valence-corrected chi connectivity index (χ1v) is 9.24. The minimum absolute atomic E-state index is 0. The Morgan fingerprint density at radius 3 is 1.50 bits per heavy atom. The second kappa shape index (κ2) is 10.1. The molecule has 28 heavy (non-hydrogen) atoms. The Labute approximate surface area is 181 Å². The van der Waals surface area contributed by atoms with Gasteiger partial charge in [-0.2, -0.15) is 0 Å². The molecule has 0 aliphatic heterocycles. The van der Waals surface area contributed by atoms with E-state index in [1.54, 1.807) is 0 Å². The summed E-state index contributed by atoms with van der Waals surface area (Å²) < 4.78 is 0. The van der Waals surface area contributed by atoms with E-state index in [4.69, 9.17) is 9.97 Å². The summed E-state index contributed by atoms with van der Waals surface area (Å²) in [6.07, 6.45) is 2.89. The predicted octanol–water partition coefficient (Wildman–Crippen LogP) is 5.58. The predicted molar refractivity (Wildman–Crippen MR) is 109 cm³/mol. The van der Waals surface area contributed by atoms with E-state index < -0.39 is 0 Å². The monoisotopic (exact) mass is 543 g/mol. The Morgan fingerprint density at radius 1 is 0.571 bits per heavy atom. The van der Waals surface area contributed by atoms with Gasteiger partial charge in [-0.15, -0.1) is 71.8 Å². The Balaban J connectivity index is 0.00000225. The van der Waals surface area contributed by atoms with Crippen molar-refractivity contribution in [3.05, 3.63) is 108 Å². The quantitative estimate of drug-likeness (QED) is 0.297. The maximum Gasteiger partial charge on any atom is 2.00 e. The number of aryl methyl sites for hydroxylation is 2. The molecule has 0 atom stereocenters. The van der Waals surface area contributed by atoms with E-state index in [2.05, 4.69) is 36.4 Å². The molecule has 0 saturated carbocycles. The van der Waals surface area contributed by atoms with Gasteiger partial charge in [-0.05, 0) is 42.8 Å². The van der Waals surface area contributed by atoms with Gasteiger partial charge in [0, 0.05) is 11.4 Å². The molecule has 0 unspecified atom stereocenters. The Bertz CT molecular complexity index is 918. The summed E-state index contributed by atoms with van der Waals surface area (Å²) in [6.45, 7) is 0. The number of hydrogen-bond acceptors (Lipinski definition) is 2. The molecule has 0 aliphatic rings. The molecule has 3 heteroatoms. The zero-order valence-corrected chi connectivity index (χ0v) is 17.7. The third-order valence-electron chi connectivity index (χ3n) is 4.45. The van der Waals surface area contributed by atoms with Crippen molar-refractivity contribution in [3.8, 4) is 22.5 Å². The molecule has 2 nitrogen and oxygen atoms in total. The van der Waals surface area contributed by atoms with Crippen molar-refractivity contribution < 1.29 is 21.1 Å². The average Bonchev–Trinajstić information content (AvgIpc) is 2.75. The number of aromatic nitrogens is 2. The Morgan fingerprint density at radius 2 is 1.07 bits per heavy atom. The zero-order valence-electron chi connectivity index (χ0n) is 15.4. The van der Waals surface area contributed by atoms with Crippen LogP contribution in [0.1, 0.15) is 17.8 Å². The molecule has 2 heterocycles. The fourth-order valence-electron chi connectivity index (χ4n) is 3.09. The molecule has 0 bridgehead atoms. The summed E-state index contributed by atoms with van der Waals surface area (Å²) in [7, 11) is 0. The minimum atomic E-state index is 0. The first kappa shape index (κ1) is 20.2. The number of rotatable bonds is 6. The summed E-state index contributed by atoms with van der Waals surface area (Å²) in [4.78, 5) is 9.57. The van der Waals surface area contributed by atoms with Crippen molar-refractivity contribution in [1.82, 2.24) is 9.97 Å². The van der Waals surface area contributed by atoms with E-state index in [0.717, 1.165) is 53.2 Å². The summed E-state index contributed by atoms with van der Waals surface area (Å²) in [5, 5.41) is 0. The van der Waals surface area contributed by atoms with Crippen molar-refractivity contribution in [2.45, 2.75) is 19.3 Å².